The van der Waals surface area contributed by atoms with Crippen molar-refractivity contribution >= 4 is 6.03 Å². The first-order valence-corrected chi connectivity index (χ1v) is 8.35. The fourth-order valence-electron chi connectivity index (χ4n) is 4.85. The third kappa shape index (κ3) is 2.26. The van der Waals surface area contributed by atoms with E-state index in [0.29, 0.717) is 31.2 Å². The molecule has 1 heterocycles. The number of morpholine rings is 1. The number of carbonyl (C=O) groups is 1. The zero-order valence-electron chi connectivity index (χ0n) is 14.2. The van der Waals surface area contributed by atoms with Crippen LogP contribution in [0.5, 0.6) is 0 Å². The molecular formula is C17H30N2O2. The van der Waals surface area contributed by atoms with Gasteiger partial charge in [-0.1, -0.05) is 20.8 Å². The van der Waals surface area contributed by atoms with Gasteiger partial charge < -0.3 is 15.0 Å². The number of ether oxygens (including phenoxy) is 1. The van der Waals surface area contributed by atoms with E-state index in [1.807, 2.05) is 18.7 Å². The van der Waals surface area contributed by atoms with Gasteiger partial charge in [0.2, 0.25) is 0 Å². The Morgan fingerprint density at radius 1 is 1.24 bits per heavy atom. The first-order chi connectivity index (χ1) is 9.66. The van der Waals surface area contributed by atoms with E-state index in [0.717, 1.165) is 12.3 Å². The quantitative estimate of drug-likeness (QED) is 0.807. The van der Waals surface area contributed by atoms with Crippen molar-refractivity contribution in [2.45, 2.75) is 65.5 Å². The molecule has 3 aliphatic rings. The summed E-state index contributed by atoms with van der Waals surface area (Å²) in [4.78, 5) is 14.6. The Hall–Kier alpha value is -0.770. The fraction of sp³-hybridized carbons (Fsp3) is 0.941. The van der Waals surface area contributed by atoms with Crippen molar-refractivity contribution in [3.8, 4) is 0 Å². The molecule has 120 valence electrons. The molecule has 0 aromatic heterocycles. The van der Waals surface area contributed by atoms with Gasteiger partial charge in [0.1, 0.15) is 0 Å². The van der Waals surface area contributed by atoms with Crippen LogP contribution < -0.4 is 5.32 Å². The van der Waals surface area contributed by atoms with Gasteiger partial charge in [-0.3, -0.25) is 0 Å². The molecule has 4 heteroatoms. The molecule has 2 bridgehead atoms. The Morgan fingerprint density at radius 2 is 1.95 bits per heavy atom. The van der Waals surface area contributed by atoms with Crippen LogP contribution in [0.3, 0.4) is 0 Å². The zero-order valence-corrected chi connectivity index (χ0v) is 14.2. The molecule has 0 unspecified atom stereocenters. The summed E-state index contributed by atoms with van der Waals surface area (Å²) in [6.07, 6.45) is 3.70. The van der Waals surface area contributed by atoms with Crippen molar-refractivity contribution < 1.29 is 9.53 Å². The van der Waals surface area contributed by atoms with E-state index >= 15 is 0 Å². The number of fused-ring (bicyclic) bond motifs is 2. The lowest BCUT2D eigenvalue weighted by atomic mass is 9.69. The number of amides is 2. The van der Waals surface area contributed by atoms with Crippen LogP contribution in [0.2, 0.25) is 0 Å². The molecule has 0 radical (unpaired) electrons. The molecular weight excluding hydrogens is 264 g/mol. The summed E-state index contributed by atoms with van der Waals surface area (Å²) in [6, 6.07) is 0.422. The van der Waals surface area contributed by atoms with Crippen LogP contribution in [0.15, 0.2) is 0 Å². The highest BCUT2D eigenvalue weighted by molar-refractivity contribution is 5.75. The van der Waals surface area contributed by atoms with Gasteiger partial charge >= 0.3 is 6.03 Å². The molecule has 1 N–H and O–H groups in total. The fourth-order valence-corrected chi connectivity index (χ4v) is 4.85. The zero-order chi connectivity index (χ0) is 15.5. The van der Waals surface area contributed by atoms with Gasteiger partial charge in [0.05, 0.1) is 18.8 Å². The van der Waals surface area contributed by atoms with Gasteiger partial charge in [-0.25, -0.2) is 4.79 Å². The van der Waals surface area contributed by atoms with Gasteiger partial charge in [-0.05, 0) is 49.9 Å². The molecule has 21 heavy (non-hydrogen) atoms. The summed E-state index contributed by atoms with van der Waals surface area (Å²) in [5, 5.41) is 3.35. The number of nitrogens with one attached hydrogen (secondary N) is 1. The maximum atomic E-state index is 12.6. The van der Waals surface area contributed by atoms with Crippen molar-refractivity contribution in [1.82, 2.24) is 10.2 Å². The second-order valence-electron chi connectivity index (χ2n) is 8.64. The number of urea groups is 1. The minimum Gasteiger partial charge on any atom is -0.372 e. The van der Waals surface area contributed by atoms with Crippen molar-refractivity contribution in [3.05, 3.63) is 0 Å². The van der Waals surface area contributed by atoms with Crippen LogP contribution in [-0.4, -0.2) is 42.3 Å². The van der Waals surface area contributed by atoms with E-state index in [-0.39, 0.29) is 17.0 Å². The minimum atomic E-state index is -0.229. The van der Waals surface area contributed by atoms with Crippen molar-refractivity contribution in [2.75, 3.05) is 19.7 Å². The summed E-state index contributed by atoms with van der Waals surface area (Å²) >= 11 is 0. The predicted octanol–water partition coefficient (Wildman–Crippen LogP) is 3.02. The largest absolute Gasteiger partial charge is 0.372 e. The van der Waals surface area contributed by atoms with Crippen LogP contribution >= 0.6 is 0 Å². The molecule has 2 amide bonds. The second-order valence-corrected chi connectivity index (χ2v) is 8.64. The van der Waals surface area contributed by atoms with E-state index in [2.05, 4.69) is 26.1 Å². The number of carbonyl (C=O) groups excluding carboxylic acids is 1. The third-order valence-corrected chi connectivity index (χ3v) is 6.80. The predicted molar refractivity (Wildman–Crippen MR) is 83.2 cm³/mol. The lowest BCUT2D eigenvalue weighted by Gasteiger charge is -2.42. The molecule has 0 aromatic rings. The molecule has 2 saturated carbocycles. The van der Waals surface area contributed by atoms with Crippen molar-refractivity contribution in [2.24, 2.45) is 16.7 Å². The molecule has 4 nitrogen and oxygen atoms in total. The van der Waals surface area contributed by atoms with Crippen LogP contribution in [0, 0.1) is 16.7 Å². The molecule has 0 spiro atoms. The molecule has 1 saturated heterocycles. The highest BCUT2D eigenvalue weighted by Gasteiger charge is 2.61. The molecule has 3 rings (SSSR count). The maximum absolute atomic E-state index is 12.6. The average Bonchev–Trinajstić information content (AvgIpc) is 2.70. The highest BCUT2D eigenvalue weighted by Crippen LogP contribution is 2.65. The minimum absolute atomic E-state index is 0.0981. The average molecular weight is 294 g/mol. The van der Waals surface area contributed by atoms with E-state index in [1.165, 1.54) is 12.8 Å². The summed E-state index contributed by atoms with van der Waals surface area (Å²) in [7, 11) is 0. The van der Waals surface area contributed by atoms with E-state index in [9.17, 15) is 4.79 Å². The van der Waals surface area contributed by atoms with Gasteiger partial charge in [-0.2, -0.15) is 0 Å². The number of rotatable bonds is 1. The monoisotopic (exact) mass is 294 g/mol. The van der Waals surface area contributed by atoms with Crippen LogP contribution in [0.25, 0.3) is 0 Å². The molecule has 3 atom stereocenters. The Labute approximate surface area is 128 Å². The first kappa shape index (κ1) is 15.1. The SMILES string of the molecule is CC1(C)CN(C(=O)N[C@H]2C[C@H]3CC[C@@]2(C)C3(C)C)CCO1. The lowest BCUT2D eigenvalue weighted by molar-refractivity contribution is -0.0739. The Bertz CT molecular complexity index is 446. The van der Waals surface area contributed by atoms with Crippen LogP contribution in [0.4, 0.5) is 4.79 Å². The van der Waals surface area contributed by atoms with Gasteiger partial charge in [0.15, 0.2) is 0 Å². The van der Waals surface area contributed by atoms with Gasteiger partial charge in [-0.15, -0.1) is 0 Å². The van der Waals surface area contributed by atoms with Crippen LogP contribution in [0.1, 0.15) is 53.9 Å². The molecule has 0 aromatic carbocycles. The molecule has 2 aliphatic carbocycles. The number of hydrogen-bond acceptors (Lipinski definition) is 2. The Kier molecular flexibility index (Phi) is 3.32. The normalized spacial score (nSPS) is 40.3. The number of hydrogen-bond donors (Lipinski definition) is 1. The highest BCUT2D eigenvalue weighted by atomic mass is 16.5. The summed E-state index contributed by atoms with van der Waals surface area (Å²) in [6.45, 7) is 13.2. The third-order valence-electron chi connectivity index (χ3n) is 6.80. The molecule has 3 fully saturated rings. The van der Waals surface area contributed by atoms with E-state index < -0.39 is 0 Å². The Morgan fingerprint density at radius 3 is 2.48 bits per heavy atom. The topological polar surface area (TPSA) is 41.6 Å². The number of nitrogens with zero attached hydrogens (tertiary/aromatic N) is 1. The second kappa shape index (κ2) is 4.61. The van der Waals surface area contributed by atoms with Crippen molar-refractivity contribution in [1.29, 1.82) is 0 Å². The van der Waals surface area contributed by atoms with Crippen LogP contribution in [-0.2, 0) is 4.74 Å². The van der Waals surface area contributed by atoms with Gasteiger partial charge in [0.25, 0.3) is 0 Å². The maximum Gasteiger partial charge on any atom is 0.317 e. The molecule has 1 aliphatic heterocycles. The summed E-state index contributed by atoms with van der Waals surface area (Å²) in [5.41, 5.74) is 0.359. The Balaban J connectivity index is 1.67. The van der Waals surface area contributed by atoms with E-state index in [4.69, 9.17) is 4.74 Å². The van der Waals surface area contributed by atoms with Crippen molar-refractivity contribution in [3.63, 3.8) is 0 Å². The standard InChI is InChI=1S/C17H30N2O2/c1-15(2)11-19(8-9-21-15)14(20)18-13-10-12-6-7-17(13,5)16(12,3)4/h12-13H,6-11H2,1-5H3,(H,18,20)/t12-,13+,17-/m1/s1. The summed E-state index contributed by atoms with van der Waals surface area (Å²) < 4.78 is 5.70. The lowest BCUT2D eigenvalue weighted by Crippen LogP contribution is -2.57. The van der Waals surface area contributed by atoms with E-state index in [1.54, 1.807) is 0 Å². The summed E-state index contributed by atoms with van der Waals surface area (Å²) in [5.74, 6) is 0.758. The first-order valence-electron chi connectivity index (χ1n) is 8.35. The van der Waals surface area contributed by atoms with Gasteiger partial charge in [0, 0.05) is 12.6 Å². The smallest absolute Gasteiger partial charge is 0.317 e.